The minimum Gasteiger partial charge on any atom is -0.463 e. The maximum atomic E-state index is 11.7. The van der Waals surface area contributed by atoms with Gasteiger partial charge in [0.25, 0.3) is 0 Å². The van der Waals surface area contributed by atoms with Crippen molar-refractivity contribution in [2.75, 3.05) is 13.2 Å². The minimum absolute atomic E-state index is 0.0286. The van der Waals surface area contributed by atoms with Crippen LogP contribution in [-0.2, 0) is 16.0 Å². The molecule has 2 rings (SSSR count). The maximum Gasteiger partial charge on any atom is 0.306 e. The molecule has 0 heterocycles. The monoisotopic (exact) mass is 325 g/mol. The third kappa shape index (κ3) is 6.34. The van der Waals surface area contributed by atoms with E-state index >= 15 is 0 Å². The van der Waals surface area contributed by atoms with E-state index in [0.29, 0.717) is 12.8 Å². The molecule has 0 aliphatic heterocycles. The second-order valence-electron chi connectivity index (χ2n) is 5.61. The lowest BCUT2D eigenvalue weighted by Gasteiger charge is -2.10. The molecule has 4 heteroatoms. The van der Waals surface area contributed by atoms with Gasteiger partial charge in [-0.15, -0.1) is 0 Å². The van der Waals surface area contributed by atoms with E-state index in [2.05, 4.69) is 4.99 Å². The second kappa shape index (κ2) is 9.63. The van der Waals surface area contributed by atoms with Crippen LogP contribution >= 0.6 is 0 Å². The van der Waals surface area contributed by atoms with E-state index in [-0.39, 0.29) is 19.1 Å². The molecule has 1 unspecified atom stereocenters. The van der Waals surface area contributed by atoms with E-state index in [9.17, 15) is 9.90 Å². The first kappa shape index (κ1) is 17.9. The van der Waals surface area contributed by atoms with Gasteiger partial charge in [-0.05, 0) is 24.5 Å². The summed E-state index contributed by atoms with van der Waals surface area (Å²) in [7, 11) is 0. The van der Waals surface area contributed by atoms with Crippen molar-refractivity contribution in [3.63, 3.8) is 0 Å². The molecule has 0 radical (unpaired) electrons. The van der Waals surface area contributed by atoms with Gasteiger partial charge in [0.05, 0.1) is 6.54 Å². The smallest absolute Gasteiger partial charge is 0.306 e. The lowest BCUT2D eigenvalue weighted by Crippen LogP contribution is -2.22. The van der Waals surface area contributed by atoms with Gasteiger partial charge >= 0.3 is 5.97 Å². The molecule has 0 fully saturated rings. The van der Waals surface area contributed by atoms with Gasteiger partial charge in [0, 0.05) is 12.1 Å². The Morgan fingerprint density at radius 3 is 2.38 bits per heavy atom. The highest BCUT2D eigenvalue weighted by atomic mass is 16.5. The van der Waals surface area contributed by atoms with Crippen LogP contribution in [0.5, 0.6) is 0 Å². The molecule has 0 saturated carbocycles. The fraction of sp³-hybridized carbons (Fsp3) is 0.300. The van der Waals surface area contributed by atoms with Crippen molar-refractivity contribution in [2.24, 2.45) is 4.99 Å². The summed E-state index contributed by atoms with van der Waals surface area (Å²) in [4.78, 5) is 16.1. The highest BCUT2D eigenvalue weighted by Crippen LogP contribution is 2.04. The van der Waals surface area contributed by atoms with Crippen molar-refractivity contribution in [3.8, 4) is 0 Å². The number of carbonyl (C=O) groups is 1. The summed E-state index contributed by atoms with van der Waals surface area (Å²) < 4.78 is 5.11. The first-order valence-electron chi connectivity index (χ1n) is 8.09. The van der Waals surface area contributed by atoms with Crippen molar-refractivity contribution < 1.29 is 14.6 Å². The summed E-state index contributed by atoms with van der Waals surface area (Å²) in [6, 6.07) is 19.5. The van der Waals surface area contributed by atoms with E-state index in [1.54, 1.807) is 0 Å². The van der Waals surface area contributed by atoms with Gasteiger partial charge in [0.1, 0.15) is 12.7 Å². The third-order valence-electron chi connectivity index (χ3n) is 3.63. The first-order chi connectivity index (χ1) is 11.6. The Labute approximate surface area is 142 Å². The molecule has 1 N–H and O–H groups in total. The van der Waals surface area contributed by atoms with Crippen molar-refractivity contribution in [1.82, 2.24) is 0 Å². The Balaban J connectivity index is 1.69. The molecule has 0 aromatic heterocycles. The van der Waals surface area contributed by atoms with Crippen LogP contribution in [0.2, 0.25) is 0 Å². The molecule has 0 spiro atoms. The molecule has 2 aromatic rings. The van der Waals surface area contributed by atoms with Crippen LogP contribution in [0, 0.1) is 0 Å². The van der Waals surface area contributed by atoms with Gasteiger partial charge in [0.2, 0.25) is 0 Å². The van der Waals surface area contributed by atoms with Crippen LogP contribution in [0.15, 0.2) is 65.7 Å². The predicted octanol–water partition coefficient (Wildman–Crippen LogP) is 3.03. The third-order valence-corrected chi connectivity index (χ3v) is 3.63. The van der Waals surface area contributed by atoms with Crippen LogP contribution in [-0.4, -0.2) is 36.0 Å². The number of aryl methyl sites for hydroxylation is 1. The zero-order chi connectivity index (χ0) is 17.2. The van der Waals surface area contributed by atoms with E-state index in [1.807, 2.05) is 67.6 Å². The van der Waals surface area contributed by atoms with Crippen LogP contribution in [0.1, 0.15) is 24.5 Å². The Kier molecular flexibility index (Phi) is 7.18. The Morgan fingerprint density at radius 1 is 1.08 bits per heavy atom. The van der Waals surface area contributed by atoms with Crippen LogP contribution < -0.4 is 0 Å². The lowest BCUT2D eigenvalue weighted by atomic mass is 10.1. The second-order valence-corrected chi connectivity index (χ2v) is 5.61. The SMILES string of the molecule is CC(=NCC(O)COC(=O)CCc1ccccc1)c1ccccc1. The molecule has 4 nitrogen and oxygen atoms in total. The predicted molar refractivity (Wildman–Crippen MR) is 95.2 cm³/mol. The number of aliphatic hydroxyl groups is 1. The summed E-state index contributed by atoms with van der Waals surface area (Å²) in [5.41, 5.74) is 2.97. The standard InChI is InChI=1S/C20H23NO3/c1-16(18-10-6-3-7-11-18)21-14-19(22)15-24-20(23)13-12-17-8-4-2-5-9-17/h2-11,19,22H,12-15H2,1H3. The van der Waals surface area contributed by atoms with Gasteiger partial charge < -0.3 is 9.84 Å². The van der Waals surface area contributed by atoms with Crippen molar-refractivity contribution >= 4 is 11.7 Å². The normalized spacial score (nSPS) is 12.7. The molecule has 24 heavy (non-hydrogen) atoms. The van der Waals surface area contributed by atoms with Gasteiger partial charge in [0.15, 0.2) is 0 Å². The van der Waals surface area contributed by atoms with Crippen LogP contribution in [0.3, 0.4) is 0 Å². The average Bonchev–Trinajstić information content (AvgIpc) is 2.64. The average molecular weight is 325 g/mol. The summed E-state index contributed by atoms with van der Waals surface area (Å²) in [5.74, 6) is -0.304. The summed E-state index contributed by atoms with van der Waals surface area (Å²) in [5, 5.41) is 9.89. The maximum absolute atomic E-state index is 11.7. The molecule has 126 valence electrons. The molecule has 0 aliphatic carbocycles. The molecular weight excluding hydrogens is 302 g/mol. The number of carbonyl (C=O) groups excluding carboxylic acids is 1. The van der Waals surface area contributed by atoms with Gasteiger partial charge in [-0.2, -0.15) is 0 Å². The van der Waals surface area contributed by atoms with Crippen molar-refractivity contribution in [2.45, 2.75) is 25.9 Å². The number of rotatable bonds is 8. The molecule has 0 amide bonds. The van der Waals surface area contributed by atoms with Crippen LogP contribution in [0.4, 0.5) is 0 Å². The summed E-state index contributed by atoms with van der Waals surface area (Å²) in [6.07, 6.45) is 0.161. The molecule has 0 aliphatic rings. The lowest BCUT2D eigenvalue weighted by molar-refractivity contribution is -0.146. The van der Waals surface area contributed by atoms with Crippen molar-refractivity contribution in [3.05, 3.63) is 71.8 Å². The van der Waals surface area contributed by atoms with E-state index < -0.39 is 6.10 Å². The Morgan fingerprint density at radius 2 is 1.71 bits per heavy atom. The number of benzene rings is 2. The summed E-state index contributed by atoms with van der Waals surface area (Å²) >= 11 is 0. The van der Waals surface area contributed by atoms with Crippen molar-refractivity contribution in [1.29, 1.82) is 0 Å². The number of aliphatic hydroxyl groups excluding tert-OH is 1. The first-order valence-corrected chi connectivity index (χ1v) is 8.09. The fourth-order valence-electron chi connectivity index (χ4n) is 2.22. The largest absolute Gasteiger partial charge is 0.463 e. The number of esters is 1. The highest BCUT2D eigenvalue weighted by Gasteiger charge is 2.09. The topological polar surface area (TPSA) is 58.9 Å². The zero-order valence-electron chi connectivity index (χ0n) is 13.9. The van der Waals surface area contributed by atoms with E-state index in [4.69, 9.17) is 4.74 Å². The quantitative estimate of drug-likeness (QED) is 0.599. The fourth-order valence-corrected chi connectivity index (χ4v) is 2.22. The zero-order valence-corrected chi connectivity index (χ0v) is 13.9. The van der Waals surface area contributed by atoms with E-state index in [1.165, 1.54) is 0 Å². The van der Waals surface area contributed by atoms with Gasteiger partial charge in [-0.25, -0.2) is 0 Å². The van der Waals surface area contributed by atoms with Gasteiger partial charge in [-0.1, -0.05) is 60.7 Å². The molecule has 1 atom stereocenters. The number of hydrogen-bond acceptors (Lipinski definition) is 4. The molecule has 2 aromatic carbocycles. The summed E-state index contributed by atoms with van der Waals surface area (Å²) in [6.45, 7) is 2.08. The minimum atomic E-state index is -0.788. The molecular formula is C20H23NO3. The molecule has 0 saturated heterocycles. The molecule has 0 bridgehead atoms. The Hall–Kier alpha value is -2.46. The number of ether oxygens (including phenoxy) is 1. The van der Waals surface area contributed by atoms with Crippen LogP contribution in [0.25, 0.3) is 0 Å². The Bertz CT molecular complexity index is 653. The number of nitrogens with zero attached hydrogens (tertiary/aromatic N) is 1. The number of hydrogen-bond donors (Lipinski definition) is 1. The van der Waals surface area contributed by atoms with E-state index in [0.717, 1.165) is 16.8 Å². The van der Waals surface area contributed by atoms with Gasteiger partial charge in [-0.3, -0.25) is 9.79 Å². The number of aliphatic imine (C=N–C) groups is 1. The highest BCUT2D eigenvalue weighted by molar-refractivity contribution is 5.98.